The summed E-state index contributed by atoms with van der Waals surface area (Å²) in [6.45, 7) is 6.79. The van der Waals surface area contributed by atoms with Crippen LogP contribution >= 0.6 is 38.5 Å². The van der Waals surface area contributed by atoms with Gasteiger partial charge in [0.05, 0.1) is 5.92 Å². The summed E-state index contributed by atoms with van der Waals surface area (Å²) in [7, 11) is 1.72. The molecule has 2 atom stereocenters. The average molecular weight is 670 g/mol. The van der Waals surface area contributed by atoms with E-state index >= 15 is 0 Å². The summed E-state index contributed by atoms with van der Waals surface area (Å²) < 4.78 is 9.24. The number of hydrogen-bond donors (Lipinski definition) is 0. The van der Waals surface area contributed by atoms with Gasteiger partial charge in [-0.3, -0.25) is 9.59 Å². The van der Waals surface area contributed by atoms with Crippen LogP contribution in [0.1, 0.15) is 57.1 Å². The van der Waals surface area contributed by atoms with E-state index in [-0.39, 0.29) is 30.0 Å². The van der Waals surface area contributed by atoms with Crippen LogP contribution in [0.5, 0.6) is 0 Å². The molecule has 2 fully saturated rings. The second-order valence-electron chi connectivity index (χ2n) is 10.8. The highest BCUT2D eigenvalue weighted by Gasteiger charge is 2.43. The molecular weight excluding hydrogens is 637 g/mol. The maximum absolute atomic E-state index is 14.2. The molecule has 1 aromatic heterocycles. The lowest BCUT2D eigenvalue weighted by Crippen LogP contribution is -2.51. The Balaban J connectivity index is 1.64. The van der Waals surface area contributed by atoms with Crippen molar-refractivity contribution in [2.24, 2.45) is 13.0 Å². The highest BCUT2D eigenvalue weighted by Crippen LogP contribution is 2.38. The molecule has 194 valence electrons. The molecular formula is C27H33BrIN3O4. The van der Waals surface area contributed by atoms with Gasteiger partial charge in [0.2, 0.25) is 5.91 Å². The minimum Gasteiger partial charge on any atom is -0.444 e. The van der Waals surface area contributed by atoms with Gasteiger partial charge in [0, 0.05) is 53.0 Å². The van der Waals surface area contributed by atoms with Gasteiger partial charge >= 0.3 is 6.09 Å². The second kappa shape index (κ2) is 10.8. The van der Waals surface area contributed by atoms with Crippen molar-refractivity contribution in [1.29, 1.82) is 0 Å². The summed E-state index contributed by atoms with van der Waals surface area (Å²) in [4.78, 5) is 43.2. The highest BCUT2D eigenvalue weighted by molar-refractivity contribution is 14.1. The maximum Gasteiger partial charge on any atom is 0.410 e. The Morgan fingerprint density at radius 3 is 2.50 bits per heavy atom. The lowest BCUT2D eigenvalue weighted by molar-refractivity contribution is -0.139. The average Bonchev–Trinajstić information content (AvgIpc) is 3.62. The molecule has 2 aromatic rings. The number of likely N-dealkylation sites (tertiary alicyclic amines) is 1. The minimum atomic E-state index is -0.614. The summed E-state index contributed by atoms with van der Waals surface area (Å²) >= 11 is 5.86. The standard InChI is InChI=1S/C27H33BrIN3O4/c1-27(2,3)36-26(35)31-10-8-22(18-7-9-30(4)24(33)13-18)23(16-31)25(34)32(21-5-6-21)15-17-11-19(28)14-20(29)12-17/h7,9,11-14,21-23H,5-6,8,10,15-16H2,1-4H3. The van der Waals surface area contributed by atoms with Crippen molar-refractivity contribution in [2.45, 2.75) is 64.1 Å². The number of pyridine rings is 1. The van der Waals surface area contributed by atoms with Crippen LogP contribution in [0.3, 0.4) is 0 Å². The molecule has 1 saturated heterocycles. The first-order valence-corrected chi connectivity index (χ1v) is 14.2. The van der Waals surface area contributed by atoms with E-state index in [0.717, 1.165) is 32.0 Å². The van der Waals surface area contributed by atoms with Crippen molar-refractivity contribution in [3.05, 3.63) is 66.1 Å². The van der Waals surface area contributed by atoms with Crippen LogP contribution in [0.25, 0.3) is 0 Å². The van der Waals surface area contributed by atoms with Gasteiger partial charge in [-0.05, 0) is 104 Å². The van der Waals surface area contributed by atoms with Gasteiger partial charge in [-0.2, -0.15) is 0 Å². The second-order valence-corrected chi connectivity index (χ2v) is 13.0. The lowest BCUT2D eigenvalue weighted by Gasteiger charge is -2.40. The lowest BCUT2D eigenvalue weighted by atomic mass is 9.79. The van der Waals surface area contributed by atoms with Crippen molar-refractivity contribution in [3.63, 3.8) is 0 Å². The maximum atomic E-state index is 14.2. The zero-order chi connectivity index (χ0) is 26.2. The van der Waals surface area contributed by atoms with Crippen molar-refractivity contribution in [2.75, 3.05) is 13.1 Å². The van der Waals surface area contributed by atoms with Crippen molar-refractivity contribution < 1.29 is 14.3 Å². The van der Waals surface area contributed by atoms with Crippen LogP contribution in [0.15, 0.2) is 45.8 Å². The molecule has 2 unspecified atom stereocenters. The highest BCUT2D eigenvalue weighted by atomic mass is 127. The third-order valence-electron chi connectivity index (χ3n) is 6.68. The van der Waals surface area contributed by atoms with E-state index in [1.165, 1.54) is 4.57 Å². The van der Waals surface area contributed by atoms with Crippen molar-refractivity contribution in [1.82, 2.24) is 14.4 Å². The van der Waals surface area contributed by atoms with Gasteiger partial charge < -0.3 is 19.1 Å². The first-order valence-electron chi connectivity index (χ1n) is 12.3. The SMILES string of the molecule is Cn1ccc(C2CCN(C(=O)OC(C)(C)C)CC2C(=O)N(Cc2cc(Br)cc(I)c2)C2CC2)cc1=O. The summed E-state index contributed by atoms with van der Waals surface area (Å²) in [5, 5.41) is 0. The molecule has 1 aromatic carbocycles. The van der Waals surface area contributed by atoms with Gasteiger partial charge in [0.25, 0.3) is 5.56 Å². The van der Waals surface area contributed by atoms with Crippen LogP contribution in [-0.4, -0.2) is 51.1 Å². The summed E-state index contributed by atoms with van der Waals surface area (Å²) in [5.74, 6) is -0.564. The van der Waals surface area contributed by atoms with Crippen LogP contribution in [0.2, 0.25) is 0 Å². The minimum absolute atomic E-state index is 0.0337. The number of aryl methyl sites for hydroxylation is 1. The fourth-order valence-corrected chi connectivity index (χ4v) is 6.48. The number of aromatic nitrogens is 1. The molecule has 2 heterocycles. The predicted molar refractivity (Wildman–Crippen MR) is 151 cm³/mol. The number of benzene rings is 1. The molecule has 2 aliphatic rings. The van der Waals surface area contributed by atoms with E-state index < -0.39 is 17.6 Å². The van der Waals surface area contributed by atoms with E-state index in [1.54, 1.807) is 24.2 Å². The first kappa shape index (κ1) is 27.2. The molecule has 0 spiro atoms. The van der Waals surface area contributed by atoms with Crippen LogP contribution in [0.4, 0.5) is 4.79 Å². The number of rotatable bonds is 5. The monoisotopic (exact) mass is 669 g/mol. The van der Waals surface area contributed by atoms with Gasteiger partial charge in [-0.1, -0.05) is 15.9 Å². The van der Waals surface area contributed by atoms with Gasteiger partial charge in [0.15, 0.2) is 0 Å². The Hall–Kier alpha value is -1.88. The van der Waals surface area contributed by atoms with Crippen molar-refractivity contribution in [3.8, 4) is 0 Å². The normalized spacial score (nSPS) is 20.2. The number of ether oxygens (including phenoxy) is 1. The number of halogens is 2. The molecule has 0 bridgehead atoms. The zero-order valence-electron chi connectivity index (χ0n) is 21.2. The number of nitrogens with zero attached hydrogens (tertiary/aromatic N) is 3. The predicted octanol–water partition coefficient (Wildman–Crippen LogP) is 5.28. The van der Waals surface area contributed by atoms with Gasteiger partial charge in [-0.25, -0.2) is 4.79 Å². The zero-order valence-corrected chi connectivity index (χ0v) is 24.9. The fraction of sp³-hybridized carbons (Fsp3) is 0.519. The Bertz CT molecular complexity index is 1180. The molecule has 1 aliphatic carbocycles. The smallest absolute Gasteiger partial charge is 0.410 e. The van der Waals surface area contributed by atoms with E-state index in [2.05, 4.69) is 50.7 Å². The molecule has 2 amide bonds. The molecule has 36 heavy (non-hydrogen) atoms. The first-order chi connectivity index (χ1) is 16.9. The van der Waals surface area contributed by atoms with E-state index in [9.17, 15) is 14.4 Å². The van der Waals surface area contributed by atoms with Crippen LogP contribution in [0, 0.1) is 9.49 Å². The Morgan fingerprint density at radius 1 is 1.17 bits per heavy atom. The molecule has 0 N–H and O–H groups in total. The molecule has 9 heteroatoms. The van der Waals surface area contributed by atoms with E-state index in [4.69, 9.17) is 4.74 Å². The fourth-order valence-electron chi connectivity index (χ4n) is 4.77. The van der Waals surface area contributed by atoms with Gasteiger partial charge in [0.1, 0.15) is 5.60 Å². The van der Waals surface area contributed by atoms with Crippen LogP contribution < -0.4 is 5.56 Å². The topological polar surface area (TPSA) is 71.8 Å². The summed E-state index contributed by atoms with van der Waals surface area (Å²) in [6.07, 6.45) is 3.91. The third kappa shape index (κ3) is 6.70. The molecule has 1 aliphatic heterocycles. The molecule has 0 radical (unpaired) electrons. The number of carbonyl (C=O) groups excluding carboxylic acids is 2. The van der Waals surface area contributed by atoms with E-state index in [0.29, 0.717) is 19.5 Å². The quantitative estimate of drug-likeness (QED) is 0.406. The van der Waals surface area contributed by atoms with Crippen LogP contribution in [-0.2, 0) is 23.1 Å². The third-order valence-corrected chi connectivity index (χ3v) is 7.76. The molecule has 4 rings (SSSR count). The summed E-state index contributed by atoms with van der Waals surface area (Å²) in [6, 6.07) is 9.95. The number of piperidine rings is 1. The van der Waals surface area contributed by atoms with Gasteiger partial charge in [-0.15, -0.1) is 0 Å². The Labute approximate surface area is 234 Å². The molecule has 7 nitrogen and oxygen atoms in total. The Morgan fingerprint density at radius 2 is 1.89 bits per heavy atom. The molecule has 1 saturated carbocycles. The van der Waals surface area contributed by atoms with E-state index in [1.807, 2.05) is 37.8 Å². The van der Waals surface area contributed by atoms with Crippen molar-refractivity contribution >= 4 is 50.5 Å². The number of amides is 2. The largest absolute Gasteiger partial charge is 0.444 e. The number of hydrogen-bond acceptors (Lipinski definition) is 4. The number of carbonyl (C=O) groups is 2. The summed E-state index contributed by atoms with van der Waals surface area (Å²) in [5.41, 5.74) is 1.21. The Kier molecular flexibility index (Phi) is 8.19.